The fraction of sp³-hybridized carbons (Fsp3) is 0.800. The lowest BCUT2D eigenvalue weighted by molar-refractivity contribution is -0.140. The van der Waals surface area contributed by atoms with Crippen molar-refractivity contribution in [3.63, 3.8) is 0 Å². The predicted octanol–water partition coefficient (Wildman–Crippen LogP) is -3.41. The molecule has 1 heterocycles. The second-order valence-electron chi connectivity index (χ2n) is 7.97. The summed E-state index contributed by atoms with van der Waals surface area (Å²) in [5, 5.41) is 39.1. The van der Waals surface area contributed by atoms with Gasteiger partial charge in [0.25, 0.3) is 0 Å². The van der Waals surface area contributed by atoms with Crippen molar-refractivity contribution < 1.29 is 44.3 Å². The van der Waals surface area contributed by atoms with E-state index in [2.05, 4.69) is 5.32 Å². The van der Waals surface area contributed by atoms with E-state index in [1.807, 2.05) is 4.90 Å². The minimum atomic E-state index is -1.01. The third-order valence-corrected chi connectivity index (χ3v) is 5.18. The van der Waals surface area contributed by atoms with E-state index in [1.54, 1.807) is 14.7 Å². The molecular weight excluding hydrogens is 454 g/mol. The number of hydrogen-bond donors (Lipinski definition) is 5. The van der Waals surface area contributed by atoms with Crippen LogP contribution in [0.3, 0.4) is 0 Å². The molecule has 0 spiro atoms. The van der Waals surface area contributed by atoms with Crippen molar-refractivity contribution in [3.05, 3.63) is 0 Å². The maximum absolute atomic E-state index is 12.3. The second-order valence-corrected chi connectivity index (χ2v) is 7.97. The number of rotatable bonds is 13. The summed E-state index contributed by atoms with van der Waals surface area (Å²) in [5.41, 5.74) is 0. The lowest BCUT2D eigenvalue weighted by Crippen LogP contribution is -2.50. The lowest BCUT2D eigenvalue weighted by atomic mass is 10.3. The van der Waals surface area contributed by atoms with Gasteiger partial charge in [0.2, 0.25) is 5.91 Å². The zero-order valence-electron chi connectivity index (χ0n) is 19.4. The molecule has 196 valence electrons. The summed E-state index contributed by atoms with van der Waals surface area (Å²) in [6.45, 7) is 2.73. The van der Waals surface area contributed by atoms with Crippen LogP contribution in [0.5, 0.6) is 0 Å². The predicted molar refractivity (Wildman–Crippen MR) is 120 cm³/mol. The molecule has 0 aromatic carbocycles. The number of hydrogen-bond acceptors (Lipinski definition) is 10. The number of carbonyl (C=O) groups excluding carboxylic acids is 1. The molecule has 1 aliphatic heterocycles. The van der Waals surface area contributed by atoms with Gasteiger partial charge in [0.15, 0.2) is 0 Å². The molecule has 14 nitrogen and oxygen atoms in total. The van der Waals surface area contributed by atoms with Crippen LogP contribution in [0.4, 0.5) is 0 Å². The zero-order chi connectivity index (χ0) is 25.3. The molecule has 1 amide bonds. The van der Waals surface area contributed by atoms with E-state index in [-0.39, 0.29) is 58.5 Å². The van der Waals surface area contributed by atoms with Crippen molar-refractivity contribution in [2.24, 2.45) is 0 Å². The summed E-state index contributed by atoms with van der Waals surface area (Å²) in [6.07, 6.45) is 0. The number of aliphatic carboxylic acids is 3. The molecular formula is C20H37N5O9. The highest BCUT2D eigenvalue weighted by Crippen LogP contribution is 2.01. The Morgan fingerprint density at radius 3 is 1.29 bits per heavy atom. The Hall–Kier alpha value is -2.36. The molecule has 0 aromatic rings. The molecule has 1 fully saturated rings. The largest absolute Gasteiger partial charge is 0.480 e. The molecule has 0 unspecified atom stereocenters. The van der Waals surface area contributed by atoms with E-state index >= 15 is 0 Å². The highest BCUT2D eigenvalue weighted by atomic mass is 16.5. The fourth-order valence-electron chi connectivity index (χ4n) is 3.47. The first-order chi connectivity index (χ1) is 16.2. The Morgan fingerprint density at radius 2 is 0.971 bits per heavy atom. The summed E-state index contributed by atoms with van der Waals surface area (Å²) >= 11 is 0. The molecule has 0 radical (unpaired) electrons. The third-order valence-electron chi connectivity index (χ3n) is 5.18. The van der Waals surface area contributed by atoms with Gasteiger partial charge in [0.1, 0.15) is 0 Å². The first-order valence-electron chi connectivity index (χ1n) is 11.2. The average Bonchev–Trinajstić information content (AvgIpc) is 2.74. The highest BCUT2D eigenvalue weighted by molar-refractivity contribution is 5.78. The van der Waals surface area contributed by atoms with Crippen molar-refractivity contribution in [1.29, 1.82) is 0 Å². The van der Waals surface area contributed by atoms with Crippen LogP contribution < -0.4 is 5.32 Å². The Balaban J connectivity index is 2.82. The van der Waals surface area contributed by atoms with Crippen LogP contribution in [-0.2, 0) is 23.9 Å². The number of nitrogens with one attached hydrogen (secondary N) is 1. The van der Waals surface area contributed by atoms with E-state index in [9.17, 15) is 34.5 Å². The van der Waals surface area contributed by atoms with E-state index in [1.165, 1.54) is 0 Å². The maximum atomic E-state index is 12.3. The Kier molecular flexibility index (Phi) is 14.9. The fourth-order valence-corrected chi connectivity index (χ4v) is 3.47. The Morgan fingerprint density at radius 1 is 0.618 bits per heavy atom. The minimum absolute atomic E-state index is 0.0486. The second kappa shape index (κ2) is 17.1. The SMILES string of the molecule is O=C(O)CN1CCN(CC(=O)O)CCN(CC(=O)NCCOCCO)CCN(CC(=O)O)CC1. The molecule has 0 aliphatic carbocycles. The number of aliphatic hydroxyl groups excluding tert-OH is 1. The smallest absolute Gasteiger partial charge is 0.317 e. The number of carboxylic acids is 3. The van der Waals surface area contributed by atoms with Crippen molar-refractivity contribution in [1.82, 2.24) is 24.9 Å². The molecule has 0 aromatic heterocycles. The molecule has 14 heteroatoms. The van der Waals surface area contributed by atoms with E-state index in [0.717, 1.165) is 0 Å². The zero-order valence-corrected chi connectivity index (χ0v) is 19.4. The molecule has 0 saturated carbocycles. The molecule has 1 rings (SSSR count). The molecule has 0 atom stereocenters. The number of ether oxygens (including phenoxy) is 1. The van der Waals surface area contributed by atoms with Gasteiger partial charge in [-0.25, -0.2) is 0 Å². The maximum Gasteiger partial charge on any atom is 0.317 e. The van der Waals surface area contributed by atoms with Crippen molar-refractivity contribution in [3.8, 4) is 0 Å². The van der Waals surface area contributed by atoms with Crippen LogP contribution in [0.2, 0.25) is 0 Å². The van der Waals surface area contributed by atoms with Gasteiger partial charge >= 0.3 is 17.9 Å². The van der Waals surface area contributed by atoms with Crippen molar-refractivity contribution in [2.75, 3.05) is 105 Å². The lowest BCUT2D eigenvalue weighted by Gasteiger charge is -2.32. The van der Waals surface area contributed by atoms with Gasteiger partial charge in [-0.15, -0.1) is 0 Å². The Labute approximate surface area is 198 Å². The first-order valence-corrected chi connectivity index (χ1v) is 11.2. The number of carboxylic acid groups (broad SMARTS) is 3. The minimum Gasteiger partial charge on any atom is -0.480 e. The van der Waals surface area contributed by atoms with Gasteiger partial charge in [0.05, 0.1) is 46.0 Å². The van der Waals surface area contributed by atoms with Crippen LogP contribution >= 0.6 is 0 Å². The van der Waals surface area contributed by atoms with E-state index < -0.39 is 17.9 Å². The van der Waals surface area contributed by atoms with Gasteiger partial charge in [-0.3, -0.25) is 38.8 Å². The van der Waals surface area contributed by atoms with E-state index in [0.29, 0.717) is 52.4 Å². The quantitative estimate of drug-likeness (QED) is 0.161. The van der Waals surface area contributed by atoms with Crippen LogP contribution in [0, 0.1) is 0 Å². The van der Waals surface area contributed by atoms with Crippen LogP contribution in [-0.4, -0.2) is 169 Å². The van der Waals surface area contributed by atoms with Crippen LogP contribution in [0.15, 0.2) is 0 Å². The molecule has 5 N–H and O–H groups in total. The highest BCUT2D eigenvalue weighted by Gasteiger charge is 2.21. The number of nitrogens with zero attached hydrogens (tertiary/aromatic N) is 4. The molecule has 1 aliphatic rings. The van der Waals surface area contributed by atoms with Crippen molar-refractivity contribution in [2.45, 2.75) is 0 Å². The molecule has 0 bridgehead atoms. The molecule has 34 heavy (non-hydrogen) atoms. The van der Waals surface area contributed by atoms with Gasteiger partial charge in [-0.2, -0.15) is 0 Å². The van der Waals surface area contributed by atoms with Crippen LogP contribution in [0.1, 0.15) is 0 Å². The summed E-state index contributed by atoms with van der Waals surface area (Å²) < 4.78 is 5.11. The number of amides is 1. The summed E-state index contributed by atoms with van der Waals surface area (Å²) in [6, 6.07) is 0. The summed E-state index contributed by atoms with van der Waals surface area (Å²) in [5.74, 6) is -3.27. The number of aliphatic hydroxyl groups is 1. The standard InChI is InChI=1S/C20H37N5O9/c26-10-12-34-11-1-21-17(27)13-22-2-4-23(14-18(28)29)6-8-25(16-20(32)33)9-7-24(5-3-22)15-19(30)31/h26H,1-16H2,(H,21,27)(H,28,29)(H,30,31)(H,32,33). The van der Waals surface area contributed by atoms with Gasteiger partial charge in [-0.05, 0) is 0 Å². The van der Waals surface area contributed by atoms with Crippen LogP contribution in [0.25, 0.3) is 0 Å². The first kappa shape index (κ1) is 29.7. The van der Waals surface area contributed by atoms with Crippen molar-refractivity contribution >= 4 is 23.8 Å². The van der Waals surface area contributed by atoms with Gasteiger partial charge < -0.3 is 30.5 Å². The average molecular weight is 492 g/mol. The topological polar surface area (TPSA) is 183 Å². The monoisotopic (exact) mass is 491 g/mol. The van der Waals surface area contributed by atoms with E-state index in [4.69, 9.17) is 9.84 Å². The summed E-state index contributed by atoms with van der Waals surface area (Å²) in [7, 11) is 0. The van der Waals surface area contributed by atoms with Gasteiger partial charge in [-0.1, -0.05) is 0 Å². The summed E-state index contributed by atoms with van der Waals surface area (Å²) in [4.78, 5) is 53.0. The molecule has 1 saturated heterocycles. The van der Waals surface area contributed by atoms with Gasteiger partial charge in [0, 0.05) is 58.9 Å². The normalized spacial score (nSPS) is 18.0. The number of carbonyl (C=O) groups is 4. The Bertz CT molecular complexity index is 620. The third kappa shape index (κ3) is 14.7.